The van der Waals surface area contributed by atoms with Crippen LogP contribution in [0.3, 0.4) is 0 Å². The maximum absolute atomic E-state index is 12.3. The smallest absolute Gasteiger partial charge is 0.251 e. The molecule has 1 unspecified atom stereocenters. The lowest BCUT2D eigenvalue weighted by Crippen LogP contribution is -2.28. The fourth-order valence-electron chi connectivity index (χ4n) is 2.07. The zero-order valence-corrected chi connectivity index (χ0v) is 13.1. The third-order valence-electron chi connectivity index (χ3n) is 3.22. The van der Waals surface area contributed by atoms with E-state index in [-0.39, 0.29) is 11.9 Å². The summed E-state index contributed by atoms with van der Waals surface area (Å²) in [5, 5.41) is 4.06. The van der Waals surface area contributed by atoms with Crippen molar-refractivity contribution >= 4 is 34.8 Å². The maximum atomic E-state index is 12.3. The molecule has 0 aromatic heterocycles. The second kappa shape index (κ2) is 6.83. The number of nitrogens with one attached hydrogen (secondary N) is 1. The van der Waals surface area contributed by atoms with E-state index in [9.17, 15) is 4.79 Å². The first-order valence-corrected chi connectivity index (χ1v) is 7.38. The van der Waals surface area contributed by atoms with Crippen molar-refractivity contribution < 1.29 is 4.79 Å². The molecule has 0 bridgehead atoms. The Hall–Kier alpha value is -1.71. The fraction of sp³-hybridized carbons (Fsp3) is 0.188. The van der Waals surface area contributed by atoms with E-state index in [4.69, 9.17) is 28.9 Å². The molecule has 2 aromatic carbocycles. The molecule has 3 N–H and O–H groups in total. The number of benzene rings is 2. The lowest BCUT2D eigenvalue weighted by Gasteiger charge is -2.18. The van der Waals surface area contributed by atoms with Gasteiger partial charge in [-0.25, -0.2) is 0 Å². The molecule has 0 heterocycles. The summed E-state index contributed by atoms with van der Waals surface area (Å²) in [6, 6.07) is 12.2. The summed E-state index contributed by atoms with van der Waals surface area (Å²) in [4.78, 5) is 12.3. The second-order valence-corrected chi connectivity index (χ2v) is 5.57. The van der Waals surface area contributed by atoms with Crippen LogP contribution in [0.15, 0.2) is 42.5 Å². The third kappa shape index (κ3) is 3.90. The van der Waals surface area contributed by atoms with Crippen molar-refractivity contribution in [1.29, 1.82) is 0 Å². The Bertz CT molecular complexity index is 658. The first-order valence-electron chi connectivity index (χ1n) is 6.62. The van der Waals surface area contributed by atoms with Crippen molar-refractivity contribution in [2.24, 2.45) is 0 Å². The Morgan fingerprint density at radius 3 is 2.62 bits per heavy atom. The van der Waals surface area contributed by atoms with E-state index in [1.165, 1.54) is 0 Å². The Balaban J connectivity index is 2.18. The molecule has 0 radical (unpaired) electrons. The molecule has 0 fully saturated rings. The number of carbonyl (C=O) groups is 1. The fourth-order valence-corrected chi connectivity index (χ4v) is 2.39. The number of rotatable bonds is 4. The maximum Gasteiger partial charge on any atom is 0.251 e. The van der Waals surface area contributed by atoms with Crippen LogP contribution in [0.4, 0.5) is 5.69 Å². The van der Waals surface area contributed by atoms with Crippen LogP contribution in [0.1, 0.15) is 35.3 Å². The monoisotopic (exact) mass is 322 g/mol. The SMILES string of the molecule is CCC(NC(=O)c1ccc(Cl)c(N)c1)c1cccc(Cl)c1. The highest BCUT2D eigenvalue weighted by Gasteiger charge is 2.15. The Kier molecular flexibility index (Phi) is 5.10. The van der Waals surface area contributed by atoms with E-state index >= 15 is 0 Å². The number of nitrogen functional groups attached to an aromatic ring is 1. The van der Waals surface area contributed by atoms with Crippen molar-refractivity contribution in [1.82, 2.24) is 5.32 Å². The molecule has 5 heteroatoms. The first kappa shape index (κ1) is 15.7. The summed E-state index contributed by atoms with van der Waals surface area (Å²) in [6.07, 6.45) is 0.759. The van der Waals surface area contributed by atoms with Crippen LogP contribution in [0.25, 0.3) is 0 Å². The normalized spacial score (nSPS) is 12.0. The topological polar surface area (TPSA) is 55.1 Å². The van der Waals surface area contributed by atoms with Crippen molar-refractivity contribution in [2.75, 3.05) is 5.73 Å². The van der Waals surface area contributed by atoms with Gasteiger partial charge < -0.3 is 11.1 Å². The average molecular weight is 323 g/mol. The third-order valence-corrected chi connectivity index (χ3v) is 3.80. The number of anilines is 1. The van der Waals surface area contributed by atoms with E-state index < -0.39 is 0 Å². The summed E-state index contributed by atoms with van der Waals surface area (Å²) in [6.45, 7) is 2.00. The number of halogens is 2. The van der Waals surface area contributed by atoms with Crippen molar-refractivity contribution in [2.45, 2.75) is 19.4 Å². The highest BCUT2D eigenvalue weighted by atomic mass is 35.5. The minimum atomic E-state index is -0.190. The molecule has 0 saturated carbocycles. The quantitative estimate of drug-likeness (QED) is 0.816. The molecule has 2 aromatic rings. The van der Waals surface area contributed by atoms with Gasteiger partial charge in [-0.2, -0.15) is 0 Å². The summed E-state index contributed by atoms with van der Waals surface area (Å²) in [5.74, 6) is -0.190. The number of carbonyl (C=O) groups excluding carboxylic acids is 1. The van der Waals surface area contributed by atoms with Crippen LogP contribution in [0, 0.1) is 0 Å². The van der Waals surface area contributed by atoms with Gasteiger partial charge in [-0.1, -0.05) is 42.3 Å². The van der Waals surface area contributed by atoms with Crippen LogP contribution >= 0.6 is 23.2 Å². The van der Waals surface area contributed by atoms with E-state index in [1.54, 1.807) is 24.3 Å². The van der Waals surface area contributed by atoms with E-state index in [0.29, 0.717) is 21.3 Å². The molecule has 0 spiro atoms. The van der Waals surface area contributed by atoms with E-state index in [1.807, 2.05) is 25.1 Å². The number of hydrogen-bond donors (Lipinski definition) is 2. The Morgan fingerprint density at radius 2 is 2.00 bits per heavy atom. The summed E-state index contributed by atoms with van der Waals surface area (Å²) >= 11 is 11.9. The van der Waals surface area contributed by atoms with Gasteiger partial charge in [-0.05, 0) is 42.3 Å². The van der Waals surface area contributed by atoms with Gasteiger partial charge >= 0.3 is 0 Å². The van der Waals surface area contributed by atoms with Gasteiger partial charge in [-0.3, -0.25) is 4.79 Å². The molecular weight excluding hydrogens is 307 g/mol. The molecule has 1 amide bonds. The lowest BCUT2D eigenvalue weighted by atomic mass is 10.0. The van der Waals surface area contributed by atoms with Crippen LogP contribution in [-0.2, 0) is 0 Å². The zero-order valence-electron chi connectivity index (χ0n) is 11.6. The highest BCUT2D eigenvalue weighted by Crippen LogP contribution is 2.22. The molecule has 0 aliphatic heterocycles. The summed E-state index contributed by atoms with van der Waals surface area (Å²) < 4.78 is 0. The number of hydrogen-bond acceptors (Lipinski definition) is 2. The average Bonchev–Trinajstić information content (AvgIpc) is 2.47. The van der Waals surface area contributed by atoms with Gasteiger partial charge in [0.2, 0.25) is 0 Å². The number of nitrogens with two attached hydrogens (primary N) is 1. The molecule has 0 aliphatic carbocycles. The molecule has 0 aliphatic rings. The van der Waals surface area contributed by atoms with Gasteiger partial charge in [0.25, 0.3) is 5.91 Å². The van der Waals surface area contributed by atoms with Crippen LogP contribution in [0.2, 0.25) is 10.0 Å². The van der Waals surface area contributed by atoms with Crippen LogP contribution in [-0.4, -0.2) is 5.91 Å². The van der Waals surface area contributed by atoms with E-state index in [2.05, 4.69) is 5.32 Å². The predicted octanol–water partition coefficient (Wildman–Crippen LogP) is 4.46. The minimum absolute atomic E-state index is 0.104. The molecule has 3 nitrogen and oxygen atoms in total. The van der Waals surface area contributed by atoms with Gasteiger partial charge in [0.15, 0.2) is 0 Å². The molecule has 2 rings (SSSR count). The largest absolute Gasteiger partial charge is 0.398 e. The highest BCUT2D eigenvalue weighted by molar-refractivity contribution is 6.33. The Morgan fingerprint density at radius 1 is 1.24 bits per heavy atom. The van der Waals surface area contributed by atoms with Crippen LogP contribution < -0.4 is 11.1 Å². The van der Waals surface area contributed by atoms with Crippen molar-refractivity contribution in [3.8, 4) is 0 Å². The zero-order chi connectivity index (χ0) is 15.4. The lowest BCUT2D eigenvalue weighted by molar-refractivity contribution is 0.0935. The first-order chi connectivity index (χ1) is 10.0. The van der Waals surface area contributed by atoms with Crippen LogP contribution in [0.5, 0.6) is 0 Å². The Labute approximate surface area is 134 Å². The molecule has 21 heavy (non-hydrogen) atoms. The van der Waals surface area contributed by atoms with Gasteiger partial charge in [-0.15, -0.1) is 0 Å². The second-order valence-electron chi connectivity index (χ2n) is 4.73. The van der Waals surface area contributed by atoms with Gasteiger partial charge in [0.1, 0.15) is 0 Å². The van der Waals surface area contributed by atoms with Gasteiger partial charge in [0, 0.05) is 10.6 Å². The van der Waals surface area contributed by atoms with Crippen molar-refractivity contribution in [3.63, 3.8) is 0 Å². The standard InChI is InChI=1S/C16H16Cl2N2O/c1-2-15(10-4-3-5-12(17)8-10)20-16(21)11-6-7-13(18)14(19)9-11/h3-9,15H,2,19H2,1H3,(H,20,21). The molecule has 110 valence electrons. The molecule has 0 saturated heterocycles. The number of amides is 1. The summed E-state index contributed by atoms with van der Waals surface area (Å²) in [7, 11) is 0. The van der Waals surface area contributed by atoms with Crippen molar-refractivity contribution in [3.05, 3.63) is 63.6 Å². The van der Waals surface area contributed by atoms with Gasteiger partial charge in [0.05, 0.1) is 16.8 Å². The minimum Gasteiger partial charge on any atom is -0.398 e. The van der Waals surface area contributed by atoms with E-state index in [0.717, 1.165) is 12.0 Å². The molecule has 1 atom stereocenters. The predicted molar refractivity (Wildman–Crippen MR) is 87.8 cm³/mol. The molecular formula is C16H16Cl2N2O. The summed E-state index contributed by atoms with van der Waals surface area (Å²) in [5.41, 5.74) is 7.57.